The number of nitrogens with zero attached hydrogens (tertiary/aromatic N) is 1. The second-order valence-electron chi connectivity index (χ2n) is 7.47. The first-order valence-corrected chi connectivity index (χ1v) is 11.5. The summed E-state index contributed by atoms with van der Waals surface area (Å²) in [4.78, 5) is 25.8. The van der Waals surface area contributed by atoms with Gasteiger partial charge in [-0.05, 0) is 43.5 Å². The van der Waals surface area contributed by atoms with Crippen LogP contribution in [0.5, 0.6) is 0 Å². The molecule has 0 aromatic heterocycles. The number of sulfonamides is 1. The van der Waals surface area contributed by atoms with E-state index < -0.39 is 10.0 Å². The molecule has 0 spiro atoms. The van der Waals surface area contributed by atoms with E-state index in [-0.39, 0.29) is 29.6 Å². The number of Topliss-reactive ketones (excluding diaryl/α,β-unsaturated/α-hetero) is 1. The molecule has 1 atom stereocenters. The SMILES string of the molecule is CC(=O)c1ccc(S(=O)(=O)NCCC(=O)NCC2CCN(c3ccccc3)C2)cc1. The van der Waals surface area contributed by atoms with Crippen LogP contribution in [0.25, 0.3) is 0 Å². The van der Waals surface area contributed by atoms with Crippen LogP contribution < -0.4 is 14.9 Å². The summed E-state index contributed by atoms with van der Waals surface area (Å²) >= 11 is 0. The summed E-state index contributed by atoms with van der Waals surface area (Å²) in [5.74, 6) is 0.0751. The molecular formula is C22H27N3O4S. The summed E-state index contributed by atoms with van der Waals surface area (Å²) in [6.45, 7) is 3.88. The van der Waals surface area contributed by atoms with E-state index in [2.05, 4.69) is 27.1 Å². The normalized spacial score (nSPS) is 16.4. The fourth-order valence-corrected chi connectivity index (χ4v) is 4.50. The van der Waals surface area contributed by atoms with E-state index in [1.54, 1.807) is 0 Å². The van der Waals surface area contributed by atoms with Crippen molar-refractivity contribution in [1.29, 1.82) is 0 Å². The largest absolute Gasteiger partial charge is 0.371 e. The zero-order chi connectivity index (χ0) is 21.6. The summed E-state index contributed by atoms with van der Waals surface area (Å²) in [7, 11) is -3.71. The number of hydrogen-bond acceptors (Lipinski definition) is 5. The molecule has 8 heteroatoms. The summed E-state index contributed by atoms with van der Waals surface area (Å²) in [6, 6.07) is 15.9. The molecule has 1 unspecified atom stereocenters. The maximum atomic E-state index is 12.3. The Morgan fingerprint density at radius 3 is 2.43 bits per heavy atom. The van der Waals surface area contributed by atoms with Gasteiger partial charge in [0.1, 0.15) is 0 Å². The van der Waals surface area contributed by atoms with Gasteiger partial charge >= 0.3 is 0 Å². The monoisotopic (exact) mass is 429 g/mol. The van der Waals surface area contributed by atoms with Gasteiger partial charge in [0.05, 0.1) is 4.90 Å². The lowest BCUT2D eigenvalue weighted by Crippen LogP contribution is -2.34. The highest BCUT2D eigenvalue weighted by atomic mass is 32.2. The van der Waals surface area contributed by atoms with Crippen LogP contribution in [0.2, 0.25) is 0 Å². The van der Waals surface area contributed by atoms with Crippen LogP contribution in [-0.2, 0) is 14.8 Å². The number of nitrogens with one attached hydrogen (secondary N) is 2. The topological polar surface area (TPSA) is 95.6 Å². The molecule has 7 nitrogen and oxygen atoms in total. The molecule has 0 saturated carbocycles. The smallest absolute Gasteiger partial charge is 0.240 e. The number of carbonyl (C=O) groups is 2. The molecular weight excluding hydrogens is 402 g/mol. The minimum Gasteiger partial charge on any atom is -0.371 e. The standard InChI is InChI=1S/C22H27N3O4S/c1-17(26)19-7-9-21(10-8-19)30(28,29)24-13-11-22(27)23-15-18-12-14-25(16-18)20-5-3-2-4-6-20/h2-10,18,24H,11-16H2,1H3,(H,23,27). The average molecular weight is 430 g/mol. The van der Waals surface area contributed by atoms with Crippen molar-refractivity contribution in [2.75, 3.05) is 31.1 Å². The first-order valence-electron chi connectivity index (χ1n) is 10.0. The third-order valence-corrected chi connectivity index (χ3v) is 6.69. The molecule has 1 heterocycles. The van der Waals surface area contributed by atoms with Gasteiger partial charge in [0, 0.05) is 43.9 Å². The quantitative estimate of drug-likeness (QED) is 0.596. The lowest BCUT2D eigenvalue weighted by Gasteiger charge is -2.18. The van der Waals surface area contributed by atoms with Crippen LogP contribution >= 0.6 is 0 Å². The van der Waals surface area contributed by atoms with Crippen LogP contribution in [-0.4, -0.2) is 46.3 Å². The van der Waals surface area contributed by atoms with Crippen LogP contribution in [0.3, 0.4) is 0 Å². The predicted molar refractivity (Wildman–Crippen MR) is 116 cm³/mol. The molecule has 1 aliphatic rings. The number of carbonyl (C=O) groups excluding carboxylic acids is 2. The Morgan fingerprint density at radius 1 is 1.07 bits per heavy atom. The Kier molecular flexibility index (Phi) is 7.23. The lowest BCUT2D eigenvalue weighted by molar-refractivity contribution is -0.121. The molecule has 2 aromatic carbocycles. The van der Waals surface area contributed by atoms with Crippen molar-refractivity contribution in [3.8, 4) is 0 Å². The number of anilines is 1. The minimum atomic E-state index is -3.71. The maximum Gasteiger partial charge on any atom is 0.240 e. The van der Waals surface area contributed by atoms with Gasteiger partial charge in [-0.25, -0.2) is 13.1 Å². The molecule has 0 aliphatic carbocycles. The van der Waals surface area contributed by atoms with E-state index in [0.29, 0.717) is 18.0 Å². The fourth-order valence-electron chi connectivity index (χ4n) is 3.47. The highest BCUT2D eigenvalue weighted by Crippen LogP contribution is 2.22. The van der Waals surface area contributed by atoms with Crippen molar-refractivity contribution in [2.24, 2.45) is 5.92 Å². The van der Waals surface area contributed by atoms with Crippen molar-refractivity contribution in [2.45, 2.75) is 24.7 Å². The van der Waals surface area contributed by atoms with Crippen LogP contribution in [0.15, 0.2) is 59.5 Å². The molecule has 2 aromatic rings. The second-order valence-corrected chi connectivity index (χ2v) is 9.24. The van der Waals surface area contributed by atoms with Gasteiger partial charge in [0.15, 0.2) is 5.78 Å². The number of rotatable bonds is 9. The van der Waals surface area contributed by atoms with Gasteiger partial charge in [-0.1, -0.05) is 30.3 Å². The van der Waals surface area contributed by atoms with Crippen molar-refractivity contribution in [3.63, 3.8) is 0 Å². The number of hydrogen-bond donors (Lipinski definition) is 2. The first-order chi connectivity index (χ1) is 14.3. The van der Waals surface area contributed by atoms with Gasteiger partial charge < -0.3 is 10.2 Å². The number of benzene rings is 2. The lowest BCUT2D eigenvalue weighted by atomic mass is 10.1. The highest BCUT2D eigenvalue weighted by molar-refractivity contribution is 7.89. The fraction of sp³-hybridized carbons (Fsp3) is 0.364. The van der Waals surface area contributed by atoms with Gasteiger partial charge in [-0.3, -0.25) is 9.59 Å². The summed E-state index contributed by atoms with van der Waals surface area (Å²) in [5, 5.41) is 2.90. The Hall–Kier alpha value is -2.71. The molecule has 1 aliphatic heterocycles. The Morgan fingerprint density at radius 2 is 1.77 bits per heavy atom. The molecule has 2 N–H and O–H groups in total. The number of ketones is 1. The molecule has 1 fully saturated rings. The minimum absolute atomic E-state index is 0.0173. The Bertz CT molecular complexity index is 975. The van der Waals surface area contributed by atoms with E-state index >= 15 is 0 Å². The Balaban J connectivity index is 1.39. The van der Waals surface area contributed by atoms with Crippen molar-refractivity contribution in [1.82, 2.24) is 10.0 Å². The molecule has 30 heavy (non-hydrogen) atoms. The summed E-state index contributed by atoms with van der Waals surface area (Å²) in [6.07, 6.45) is 1.08. The third-order valence-electron chi connectivity index (χ3n) is 5.21. The Labute approximate surface area is 177 Å². The van der Waals surface area contributed by atoms with E-state index in [0.717, 1.165) is 19.5 Å². The summed E-state index contributed by atoms with van der Waals surface area (Å²) < 4.78 is 27.0. The van der Waals surface area contributed by atoms with Crippen molar-refractivity contribution >= 4 is 27.4 Å². The molecule has 0 radical (unpaired) electrons. The molecule has 1 saturated heterocycles. The van der Waals surface area contributed by atoms with E-state index in [9.17, 15) is 18.0 Å². The van der Waals surface area contributed by atoms with Gasteiger partial charge in [0.25, 0.3) is 0 Å². The highest BCUT2D eigenvalue weighted by Gasteiger charge is 2.23. The van der Waals surface area contributed by atoms with Gasteiger partial charge in [0.2, 0.25) is 15.9 Å². The van der Waals surface area contributed by atoms with Crippen LogP contribution in [0.4, 0.5) is 5.69 Å². The zero-order valence-corrected chi connectivity index (χ0v) is 17.8. The zero-order valence-electron chi connectivity index (χ0n) is 17.0. The molecule has 3 rings (SSSR count). The average Bonchev–Trinajstić information content (AvgIpc) is 3.22. The predicted octanol–water partition coefficient (Wildman–Crippen LogP) is 2.20. The van der Waals surface area contributed by atoms with Crippen LogP contribution in [0, 0.1) is 5.92 Å². The molecule has 0 bridgehead atoms. The van der Waals surface area contributed by atoms with E-state index in [4.69, 9.17) is 0 Å². The maximum absolute atomic E-state index is 12.3. The molecule has 1 amide bonds. The van der Waals surface area contributed by atoms with Gasteiger partial charge in [-0.15, -0.1) is 0 Å². The first kappa shape index (κ1) is 22.0. The molecule has 160 valence electrons. The van der Waals surface area contributed by atoms with Gasteiger partial charge in [-0.2, -0.15) is 0 Å². The van der Waals surface area contributed by atoms with E-state index in [1.807, 2.05) is 18.2 Å². The number of para-hydroxylation sites is 1. The van der Waals surface area contributed by atoms with Crippen LogP contribution in [0.1, 0.15) is 30.1 Å². The van der Waals surface area contributed by atoms with Crippen molar-refractivity contribution < 1.29 is 18.0 Å². The van der Waals surface area contributed by atoms with E-state index in [1.165, 1.54) is 36.9 Å². The third kappa shape index (κ3) is 5.90. The summed E-state index contributed by atoms with van der Waals surface area (Å²) in [5.41, 5.74) is 1.64. The van der Waals surface area contributed by atoms with Crippen molar-refractivity contribution in [3.05, 3.63) is 60.2 Å². The second kappa shape index (κ2) is 9.86. The number of amides is 1.